The summed E-state index contributed by atoms with van der Waals surface area (Å²) < 4.78 is 11.6. The van der Waals surface area contributed by atoms with Gasteiger partial charge in [-0.1, -0.05) is 0 Å². The molecule has 108 valence electrons. The number of halogens is 1. The van der Waals surface area contributed by atoms with Crippen molar-refractivity contribution < 1.29 is 9.47 Å². The topological polar surface area (TPSA) is 30.5 Å². The van der Waals surface area contributed by atoms with E-state index in [1.807, 2.05) is 17.8 Å². The zero-order valence-electron chi connectivity index (χ0n) is 11.8. The van der Waals surface area contributed by atoms with Gasteiger partial charge in [0.25, 0.3) is 0 Å². The average Bonchev–Trinajstić information content (AvgIpc) is 2.42. The van der Waals surface area contributed by atoms with E-state index in [9.17, 15) is 0 Å². The van der Waals surface area contributed by atoms with E-state index < -0.39 is 0 Å². The summed E-state index contributed by atoms with van der Waals surface area (Å²) in [5.74, 6) is 2.74. The Morgan fingerprint density at radius 2 is 2.00 bits per heavy atom. The number of hydrogen-bond acceptors (Lipinski definition) is 4. The maximum absolute atomic E-state index is 5.33. The minimum absolute atomic E-state index is 0.742. The Morgan fingerprint density at radius 1 is 1.21 bits per heavy atom. The van der Waals surface area contributed by atoms with E-state index in [1.165, 1.54) is 24.2 Å². The van der Waals surface area contributed by atoms with Gasteiger partial charge in [-0.25, -0.2) is 0 Å². The second kappa shape index (κ2) is 9.50. The lowest BCUT2D eigenvalue weighted by Crippen LogP contribution is -2.15. The maximum Gasteiger partial charge on any atom is 0.174 e. The zero-order chi connectivity index (χ0) is 14.1. The first-order valence-corrected chi connectivity index (χ1v) is 8.51. The predicted octanol–water partition coefficient (Wildman–Crippen LogP) is 3.70. The van der Waals surface area contributed by atoms with E-state index in [0.29, 0.717) is 0 Å². The van der Waals surface area contributed by atoms with Crippen LogP contribution >= 0.6 is 27.7 Å². The fraction of sp³-hybridized carbons (Fsp3) is 0.571. The molecule has 0 aliphatic rings. The third-order valence-corrected chi connectivity index (χ3v) is 4.06. The van der Waals surface area contributed by atoms with E-state index in [4.69, 9.17) is 9.47 Å². The van der Waals surface area contributed by atoms with Crippen LogP contribution in [0.3, 0.4) is 0 Å². The summed E-state index contributed by atoms with van der Waals surface area (Å²) in [6.45, 7) is 1.89. The molecule has 0 amide bonds. The summed E-state index contributed by atoms with van der Waals surface area (Å²) in [6, 6.07) is 4.08. The molecule has 19 heavy (non-hydrogen) atoms. The number of thioether (sulfide) groups is 1. The van der Waals surface area contributed by atoms with Crippen LogP contribution in [0.1, 0.15) is 18.4 Å². The molecule has 5 heteroatoms. The Labute approximate surface area is 128 Å². The highest BCUT2D eigenvalue weighted by atomic mass is 79.9. The SMILES string of the molecule is COc1cc(CNCCCCSC)cc(Br)c1OC. The summed E-state index contributed by atoms with van der Waals surface area (Å²) in [7, 11) is 3.30. The smallest absolute Gasteiger partial charge is 0.174 e. The van der Waals surface area contributed by atoms with Gasteiger partial charge in [-0.3, -0.25) is 0 Å². The van der Waals surface area contributed by atoms with Gasteiger partial charge in [0, 0.05) is 6.54 Å². The molecule has 0 atom stereocenters. The van der Waals surface area contributed by atoms with Crippen molar-refractivity contribution in [2.75, 3.05) is 32.8 Å². The van der Waals surface area contributed by atoms with E-state index in [0.717, 1.165) is 29.1 Å². The van der Waals surface area contributed by atoms with Crippen LogP contribution in [0.15, 0.2) is 16.6 Å². The minimum atomic E-state index is 0.742. The van der Waals surface area contributed by atoms with Crippen LogP contribution in [0, 0.1) is 0 Å². The molecule has 0 aromatic heterocycles. The fourth-order valence-corrected chi connectivity index (χ4v) is 2.95. The Balaban J connectivity index is 2.48. The molecule has 0 heterocycles. The fourth-order valence-electron chi connectivity index (χ4n) is 1.80. The van der Waals surface area contributed by atoms with Gasteiger partial charge in [0.15, 0.2) is 11.5 Å². The van der Waals surface area contributed by atoms with Crippen molar-refractivity contribution in [1.29, 1.82) is 0 Å². The molecule has 0 unspecified atom stereocenters. The molecule has 1 rings (SSSR count). The van der Waals surface area contributed by atoms with Gasteiger partial charge in [-0.05, 0) is 65.0 Å². The maximum atomic E-state index is 5.33. The van der Waals surface area contributed by atoms with Crippen LogP contribution in [0.2, 0.25) is 0 Å². The van der Waals surface area contributed by atoms with Gasteiger partial charge >= 0.3 is 0 Å². The Bertz CT molecular complexity index is 388. The number of rotatable bonds is 9. The summed E-state index contributed by atoms with van der Waals surface area (Å²) in [6.07, 6.45) is 4.63. The van der Waals surface area contributed by atoms with Crippen molar-refractivity contribution in [3.05, 3.63) is 22.2 Å². The predicted molar refractivity (Wildman–Crippen MR) is 86.6 cm³/mol. The largest absolute Gasteiger partial charge is 0.493 e. The Kier molecular flexibility index (Phi) is 8.34. The van der Waals surface area contributed by atoms with Crippen molar-refractivity contribution in [1.82, 2.24) is 5.32 Å². The first-order chi connectivity index (χ1) is 9.22. The molecule has 0 spiro atoms. The molecule has 0 saturated carbocycles. The van der Waals surface area contributed by atoms with E-state index >= 15 is 0 Å². The highest BCUT2D eigenvalue weighted by Crippen LogP contribution is 2.36. The Hall–Kier alpha value is -0.390. The molecular formula is C14H22BrNO2S. The molecule has 0 bridgehead atoms. The third-order valence-electron chi connectivity index (χ3n) is 2.77. The molecule has 0 aliphatic carbocycles. The van der Waals surface area contributed by atoms with Crippen LogP contribution in [-0.4, -0.2) is 32.8 Å². The molecule has 0 fully saturated rings. The molecule has 1 N–H and O–H groups in total. The monoisotopic (exact) mass is 347 g/mol. The molecule has 0 aliphatic heterocycles. The number of unbranched alkanes of at least 4 members (excludes halogenated alkanes) is 1. The first-order valence-electron chi connectivity index (χ1n) is 6.33. The lowest BCUT2D eigenvalue weighted by Gasteiger charge is -2.12. The van der Waals surface area contributed by atoms with Crippen LogP contribution < -0.4 is 14.8 Å². The van der Waals surface area contributed by atoms with Gasteiger partial charge in [0.1, 0.15) is 0 Å². The quantitative estimate of drug-likeness (QED) is 0.690. The second-order valence-electron chi connectivity index (χ2n) is 4.19. The first kappa shape index (κ1) is 16.7. The third kappa shape index (κ3) is 5.63. The zero-order valence-corrected chi connectivity index (χ0v) is 14.2. The van der Waals surface area contributed by atoms with E-state index in [-0.39, 0.29) is 0 Å². The summed E-state index contributed by atoms with van der Waals surface area (Å²) in [5, 5.41) is 3.45. The van der Waals surface area contributed by atoms with E-state index in [2.05, 4.69) is 33.6 Å². The number of methoxy groups -OCH3 is 2. The van der Waals surface area contributed by atoms with Crippen molar-refractivity contribution in [3.8, 4) is 11.5 Å². The Morgan fingerprint density at radius 3 is 2.63 bits per heavy atom. The number of ether oxygens (including phenoxy) is 2. The average molecular weight is 348 g/mol. The van der Waals surface area contributed by atoms with E-state index in [1.54, 1.807) is 14.2 Å². The molecule has 3 nitrogen and oxygen atoms in total. The number of hydrogen-bond donors (Lipinski definition) is 1. The van der Waals surface area contributed by atoms with Crippen molar-refractivity contribution in [2.24, 2.45) is 0 Å². The van der Waals surface area contributed by atoms with Crippen molar-refractivity contribution >= 4 is 27.7 Å². The van der Waals surface area contributed by atoms with Gasteiger partial charge in [-0.2, -0.15) is 11.8 Å². The second-order valence-corrected chi connectivity index (χ2v) is 6.03. The molecular weight excluding hydrogens is 326 g/mol. The van der Waals surface area contributed by atoms with Crippen LogP contribution in [0.25, 0.3) is 0 Å². The number of nitrogens with one attached hydrogen (secondary N) is 1. The molecule has 1 aromatic rings. The molecule has 0 radical (unpaired) electrons. The standard InChI is InChI=1S/C14H22BrNO2S/c1-17-13-9-11(8-12(15)14(13)18-2)10-16-6-4-5-7-19-3/h8-9,16H,4-7,10H2,1-3H3. The van der Waals surface area contributed by atoms with Crippen LogP contribution in [0.4, 0.5) is 0 Å². The normalized spacial score (nSPS) is 10.5. The minimum Gasteiger partial charge on any atom is -0.493 e. The summed E-state index contributed by atoms with van der Waals surface area (Å²) >= 11 is 5.41. The van der Waals surface area contributed by atoms with Gasteiger partial charge in [-0.15, -0.1) is 0 Å². The number of benzene rings is 1. The summed E-state index contributed by atoms with van der Waals surface area (Å²) in [4.78, 5) is 0. The van der Waals surface area contributed by atoms with Crippen LogP contribution in [0.5, 0.6) is 11.5 Å². The van der Waals surface area contributed by atoms with Gasteiger partial charge < -0.3 is 14.8 Å². The van der Waals surface area contributed by atoms with Crippen LogP contribution in [-0.2, 0) is 6.54 Å². The van der Waals surface area contributed by atoms with Crippen molar-refractivity contribution in [2.45, 2.75) is 19.4 Å². The highest BCUT2D eigenvalue weighted by Gasteiger charge is 2.10. The van der Waals surface area contributed by atoms with Gasteiger partial charge in [0.2, 0.25) is 0 Å². The van der Waals surface area contributed by atoms with Gasteiger partial charge in [0.05, 0.1) is 18.7 Å². The lowest BCUT2D eigenvalue weighted by molar-refractivity contribution is 0.352. The molecule has 0 saturated heterocycles. The summed E-state index contributed by atoms with van der Waals surface area (Å²) in [5.41, 5.74) is 1.19. The highest BCUT2D eigenvalue weighted by molar-refractivity contribution is 9.10. The molecule has 1 aromatic carbocycles. The van der Waals surface area contributed by atoms with Crippen molar-refractivity contribution in [3.63, 3.8) is 0 Å². The lowest BCUT2D eigenvalue weighted by atomic mass is 10.2.